The van der Waals surface area contributed by atoms with E-state index in [1.165, 1.54) is 17.0 Å². The highest BCUT2D eigenvalue weighted by Crippen LogP contribution is 2.23. The van der Waals surface area contributed by atoms with E-state index >= 15 is 0 Å². The maximum atomic E-state index is 13.5. The van der Waals surface area contributed by atoms with E-state index < -0.39 is 21.7 Å². The first-order valence-corrected chi connectivity index (χ1v) is 9.20. The number of aromatic nitrogens is 1. The van der Waals surface area contributed by atoms with Gasteiger partial charge in [0.2, 0.25) is 0 Å². The molecule has 2 rings (SSSR count). The molecule has 0 unspecified atom stereocenters. The molecule has 7 heteroatoms. The average Bonchev–Trinajstić information content (AvgIpc) is 2.81. The predicted octanol–water partition coefficient (Wildman–Crippen LogP) is 2.21. The number of aryl methyl sites for hydroxylation is 1. The Morgan fingerprint density at radius 1 is 1.39 bits per heavy atom. The fourth-order valence-electron chi connectivity index (χ4n) is 2.52. The molecule has 0 saturated heterocycles. The Labute approximate surface area is 135 Å². The predicted molar refractivity (Wildman–Crippen MR) is 88.8 cm³/mol. The third-order valence-electron chi connectivity index (χ3n) is 4.10. The SMILES string of the molecule is CCS(=O)(=O)C[C@@H](C)N(C)C(=O)c1cn(C)c2ccc(F)cc12. The Morgan fingerprint density at radius 3 is 2.65 bits per heavy atom. The number of carbonyl (C=O) groups is 1. The molecule has 5 nitrogen and oxygen atoms in total. The van der Waals surface area contributed by atoms with E-state index in [9.17, 15) is 17.6 Å². The van der Waals surface area contributed by atoms with Crippen LogP contribution >= 0.6 is 0 Å². The van der Waals surface area contributed by atoms with Crippen molar-refractivity contribution in [3.63, 3.8) is 0 Å². The lowest BCUT2D eigenvalue weighted by molar-refractivity contribution is 0.0758. The minimum Gasteiger partial charge on any atom is -0.350 e. The van der Waals surface area contributed by atoms with E-state index in [0.717, 1.165) is 5.52 Å². The molecule has 1 aromatic carbocycles. The van der Waals surface area contributed by atoms with E-state index in [-0.39, 0.29) is 17.4 Å². The smallest absolute Gasteiger partial charge is 0.256 e. The zero-order valence-electron chi connectivity index (χ0n) is 13.7. The lowest BCUT2D eigenvalue weighted by Gasteiger charge is -2.24. The number of rotatable bonds is 5. The normalized spacial score (nSPS) is 13.3. The van der Waals surface area contributed by atoms with Crippen LogP contribution in [0.2, 0.25) is 0 Å². The summed E-state index contributed by atoms with van der Waals surface area (Å²) < 4.78 is 38.7. The number of sulfone groups is 1. The van der Waals surface area contributed by atoms with Crippen molar-refractivity contribution in [3.8, 4) is 0 Å². The molecular formula is C16H21FN2O3S. The van der Waals surface area contributed by atoms with E-state index in [1.54, 1.807) is 44.8 Å². The summed E-state index contributed by atoms with van der Waals surface area (Å²) in [5.74, 6) is -0.786. The van der Waals surface area contributed by atoms with Gasteiger partial charge in [-0.3, -0.25) is 4.79 Å². The highest BCUT2D eigenvalue weighted by Gasteiger charge is 2.24. The molecule has 1 aromatic heterocycles. The van der Waals surface area contributed by atoms with Gasteiger partial charge < -0.3 is 9.47 Å². The Hall–Kier alpha value is -1.89. The maximum Gasteiger partial charge on any atom is 0.256 e. The molecule has 0 fully saturated rings. The Balaban J connectivity index is 2.35. The third kappa shape index (κ3) is 3.55. The van der Waals surface area contributed by atoms with Gasteiger partial charge in [0, 0.05) is 43.0 Å². The molecular weight excluding hydrogens is 319 g/mol. The van der Waals surface area contributed by atoms with E-state index in [0.29, 0.717) is 10.9 Å². The van der Waals surface area contributed by atoms with Gasteiger partial charge in [0.1, 0.15) is 5.82 Å². The second-order valence-electron chi connectivity index (χ2n) is 5.78. The van der Waals surface area contributed by atoms with Crippen molar-refractivity contribution in [3.05, 3.63) is 35.8 Å². The van der Waals surface area contributed by atoms with Crippen LogP contribution < -0.4 is 0 Å². The first-order valence-electron chi connectivity index (χ1n) is 7.38. The van der Waals surface area contributed by atoms with Crippen LogP contribution in [0.4, 0.5) is 4.39 Å². The summed E-state index contributed by atoms with van der Waals surface area (Å²) in [6.07, 6.45) is 1.64. The minimum atomic E-state index is -3.18. The van der Waals surface area contributed by atoms with Gasteiger partial charge in [0.15, 0.2) is 9.84 Å². The molecule has 23 heavy (non-hydrogen) atoms. The summed E-state index contributed by atoms with van der Waals surface area (Å²) in [7, 11) is 0.163. The van der Waals surface area contributed by atoms with Gasteiger partial charge in [-0.2, -0.15) is 0 Å². The topological polar surface area (TPSA) is 59.4 Å². The van der Waals surface area contributed by atoms with Gasteiger partial charge in [-0.15, -0.1) is 0 Å². The summed E-state index contributed by atoms with van der Waals surface area (Å²) in [5.41, 5.74) is 1.11. The zero-order chi connectivity index (χ0) is 17.4. The van der Waals surface area contributed by atoms with E-state index in [1.807, 2.05) is 0 Å². The molecule has 1 heterocycles. The number of nitrogens with zero attached hydrogens (tertiary/aromatic N) is 2. The van der Waals surface area contributed by atoms with Gasteiger partial charge in [0.05, 0.1) is 11.3 Å². The van der Waals surface area contributed by atoms with Gasteiger partial charge in [0.25, 0.3) is 5.91 Å². The summed E-state index contributed by atoms with van der Waals surface area (Å²) >= 11 is 0. The Bertz CT molecular complexity index is 842. The summed E-state index contributed by atoms with van der Waals surface area (Å²) in [5, 5.41) is 0.523. The molecule has 0 bridgehead atoms. The van der Waals surface area contributed by atoms with Crippen molar-refractivity contribution >= 4 is 26.6 Å². The van der Waals surface area contributed by atoms with E-state index in [2.05, 4.69) is 0 Å². The van der Waals surface area contributed by atoms with Crippen LogP contribution in [0.3, 0.4) is 0 Å². The average molecular weight is 340 g/mol. The van der Waals surface area contributed by atoms with Gasteiger partial charge in [-0.1, -0.05) is 6.92 Å². The molecule has 0 aliphatic rings. The first-order chi connectivity index (χ1) is 10.7. The molecule has 1 amide bonds. The maximum absolute atomic E-state index is 13.5. The van der Waals surface area contributed by atoms with Crippen molar-refractivity contribution in [1.29, 1.82) is 0 Å². The van der Waals surface area contributed by atoms with Gasteiger partial charge in [-0.05, 0) is 25.1 Å². The number of carbonyl (C=O) groups excluding carboxylic acids is 1. The molecule has 0 N–H and O–H groups in total. The Kier molecular flexibility index (Phi) is 4.79. The summed E-state index contributed by atoms with van der Waals surface area (Å²) in [6.45, 7) is 3.27. The van der Waals surface area contributed by atoms with Crippen molar-refractivity contribution in [2.45, 2.75) is 19.9 Å². The molecule has 0 spiro atoms. The second-order valence-corrected chi connectivity index (χ2v) is 8.18. The minimum absolute atomic E-state index is 0.0405. The largest absolute Gasteiger partial charge is 0.350 e. The fraction of sp³-hybridized carbons (Fsp3) is 0.438. The van der Waals surface area contributed by atoms with E-state index in [4.69, 9.17) is 0 Å². The molecule has 0 aliphatic heterocycles. The molecule has 0 radical (unpaired) electrons. The van der Waals surface area contributed by atoms with Crippen LogP contribution in [-0.4, -0.2) is 48.4 Å². The first kappa shape index (κ1) is 17.5. The lowest BCUT2D eigenvalue weighted by Crippen LogP contribution is -2.39. The number of halogens is 1. The second kappa shape index (κ2) is 6.31. The van der Waals surface area contributed by atoms with Crippen LogP contribution in [0, 0.1) is 5.82 Å². The monoisotopic (exact) mass is 340 g/mol. The molecule has 1 atom stereocenters. The molecule has 0 saturated carbocycles. The van der Waals surface area contributed by atoms with Crippen LogP contribution in [0.5, 0.6) is 0 Å². The third-order valence-corrected chi connectivity index (χ3v) is 5.97. The number of hydrogen-bond acceptors (Lipinski definition) is 3. The van der Waals surface area contributed by atoms with Crippen LogP contribution in [0.25, 0.3) is 10.9 Å². The number of hydrogen-bond donors (Lipinski definition) is 0. The van der Waals surface area contributed by atoms with Crippen molar-refractivity contribution < 1.29 is 17.6 Å². The fourth-order valence-corrected chi connectivity index (χ4v) is 3.72. The van der Waals surface area contributed by atoms with Crippen molar-refractivity contribution in [1.82, 2.24) is 9.47 Å². The van der Waals surface area contributed by atoms with Gasteiger partial charge >= 0.3 is 0 Å². The quantitative estimate of drug-likeness (QED) is 0.838. The van der Waals surface area contributed by atoms with Crippen molar-refractivity contribution in [2.24, 2.45) is 7.05 Å². The molecule has 126 valence electrons. The highest BCUT2D eigenvalue weighted by molar-refractivity contribution is 7.91. The Morgan fingerprint density at radius 2 is 2.04 bits per heavy atom. The number of benzene rings is 1. The number of amides is 1. The summed E-state index contributed by atoms with van der Waals surface area (Å²) in [6, 6.07) is 3.82. The standard InChI is InChI=1S/C16H21FN2O3S/c1-5-23(21,22)10-11(2)19(4)16(20)14-9-18(3)15-7-6-12(17)8-13(14)15/h6-9,11H,5,10H2,1-4H3/t11-/m1/s1. The van der Waals surface area contributed by atoms with Crippen LogP contribution in [0.15, 0.2) is 24.4 Å². The highest BCUT2D eigenvalue weighted by atomic mass is 32.2. The zero-order valence-corrected chi connectivity index (χ0v) is 14.5. The molecule has 0 aliphatic carbocycles. The van der Waals surface area contributed by atoms with Crippen molar-refractivity contribution in [2.75, 3.05) is 18.6 Å². The summed E-state index contributed by atoms with van der Waals surface area (Å²) in [4.78, 5) is 14.1. The van der Waals surface area contributed by atoms with Crippen LogP contribution in [0.1, 0.15) is 24.2 Å². The molecule has 2 aromatic rings. The lowest BCUT2D eigenvalue weighted by atomic mass is 10.1. The van der Waals surface area contributed by atoms with Crippen LogP contribution in [-0.2, 0) is 16.9 Å². The number of fused-ring (bicyclic) bond motifs is 1. The van der Waals surface area contributed by atoms with Gasteiger partial charge in [-0.25, -0.2) is 12.8 Å².